The second-order valence-corrected chi connectivity index (χ2v) is 6.87. The van der Waals surface area contributed by atoms with Gasteiger partial charge in [0, 0.05) is 30.7 Å². The van der Waals surface area contributed by atoms with Crippen LogP contribution in [-0.4, -0.2) is 31.1 Å². The van der Waals surface area contributed by atoms with E-state index in [0.717, 1.165) is 23.3 Å². The Bertz CT molecular complexity index is 454. The second-order valence-electron chi connectivity index (χ2n) is 5.59. The number of aliphatic imine (C=N–C) groups is 1. The molecule has 0 fully saturated rings. The van der Waals surface area contributed by atoms with Crippen LogP contribution in [-0.2, 0) is 0 Å². The van der Waals surface area contributed by atoms with Crippen LogP contribution in [0, 0.1) is 5.92 Å². The Morgan fingerprint density at radius 2 is 2.21 bits per heavy atom. The monoisotopic (exact) mass is 277 g/mol. The molecule has 0 aliphatic carbocycles. The molecule has 0 amide bonds. The van der Waals surface area contributed by atoms with Gasteiger partial charge in [0.25, 0.3) is 0 Å². The van der Waals surface area contributed by atoms with E-state index in [1.165, 1.54) is 12.1 Å². The summed E-state index contributed by atoms with van der Waals surface area (Å²) in [4.78, 5) is 6.70. The molecule has 1 heterocycles. The molecule has 2 rings (SSSR count). The predicted molar refractivity (Wildman–Crippen MR) is 87.5 cm³/mol. The SMILES string of the molecule is CC(C)CC1CN=C(Nc2cccc(N(C)C)c2)S1. The number of anilines is 2. The third-order valence-corrected chi connectivity index (χ3v) is 4.19. The van der Waals surface area contributed by atoms with Crippen molar-refractivity contribution in [3.63, 3.8) is 0 Å². The molecule has 1 aromatic rings. The Labute approximate surface area is 120 Å². The highest BCUT2D eigenvalue weighted by Gasteiger charge is 2.20. The summed E-state index contributed by atoms with van der Waals surface area (Å²) < 4.78 is 0. The maximum atomic E-state index is 4.59. The van der Waals surface area contributed by atoms with E-state index in [1.807, 2.05) is 11.8 Å². The molecule has 19 heavy (non-hydrogen) atoms. The molecule has 1 aliphatic heterocycles. The molecule has 0 saturated carbocycles. The van der Waals surface area contributed by atoms with Crippen molar-refractivity contribution in [2.24, 2.45) is 10.9 Å². The van der Waals surface area contributed by atoms with Gasteiger partial charge in [-0.15, -0.1) is 0 Å². The molecule has 4 heteroatoms. The first kappa shape index (κ1) is 14.3. The Balaban J connectivity index is 1.94. The van der Waals surface area contributed by atoms with Gasteiger partial charge in [0.1, 0.15) is 0 Å². The van der Waals surface area contributed by atoms with Crippen LogP contribution in [0.15, 0.2) is 29.3 Å². The topological polar surface area (TPSA) is 27.6 Å². The van der Waals surface area contributed by atoms with Crippen LogP contribution in [0.2, 0.25) is 0 Å². The summed E-state index contributed by atoms with van der Waals surface area (Å²) in [5.74, 6) is 0.740. The van der Waals surface area contributed by atoms with Crippen molar-refractivity contribution in [3.8, 4) is 0 Å². The van der Waals surface area contributed by atoms with Gasteiger partial charge in [-0.05, 0) is 30.5 Å². The average molecular weight is 277 g/mol. The minimum Gasteiger partial charge on any atom is -0.378 e. The number of nitrogens with zero attached hydrogens (tertiary/aromatic N) is 2. The van der Waals surface area contributed by atoms with Gasteiger partial charge in [-0.2, -0.15) is 0 Å². The molecule has 0 spiro atoms. The predicted octanol–water partition coefficient (Wildman–Crippen LogP) is 3.68. The standard InChI is InChI=1S/C15H23N3S/c1-11(2)8-14-10-16-15(19-14)17-12-6-5-7-13(9-12)18(3)4/h5-7,9,11,14H,8,10H2,1-4H3,(H,16,17). The molecule has 3 nitrogen and oxygen atoms in total. The molecule has 0 bridgehead atoms. The van der Waals surface area contributed by atoms with E-state index in [1.54, 1.807) is 0 Å². The lowest BCUT2D eigenvalue weighted by molar-refractivity contribution is 0.575. The molecular weight excluding hydrogens is 254 g/mol. The van der Waals surface area contributed by atoms with E-state index >= 15 is 0 Å². The number of hydrogen-bond donors (Lipinski definition) is 1. The van der Waals surface area contributed by atoms with Crippen LogP contribution in [0.3, 0.4) is 0 Å². The summed E-state index contributed by atoms with van der Waals surface area (Å²) in [7, 11) is 4.11. The molecule has 1 atom stereocenters. The lowest BCUT2D eigenvalue weighted by Crippen LogP contribution is -2.11. The largest absolute Gasteiger partial charge is 0.378 e. The second kappa shape index (κ2) is 6.33. The highest BCUT2D eigenvalue weighted by molar-refractivity contribution is 8.15. The van der Waals surface area contributed by atoms with Crippen LogP contribution in [0.1, 0.15) is 20.3 Å². The molecule has 0 saturated heterocycles. The van der Waals surface area contributed by atoms with Crippen LogP contribution >= 0.6 is 11.8 Å². The molecule has 0 aromatic heterocycles. The van der Waals surface area contributed by atoms with Gasteiger partial charge in [-0.1, -0.05) is 31.7 Å². The number of benzene rings is 1. The van der Waals surface area contributed by atoms with Crippen LogP contribution in [0.5, 0.6) is 0 Å². The summed E-state index contributed by atoms with van der Waals surface area (Å²) in [5.41, 5.74) is 2.31. The number of hydrogen-bond acceptors (Lipinski definition) is 4. The van der Waals surface area contributed by atoms with Gasteiger partial charge in [0.15, 0.2) is 5.17 Å². The third-order valence-electron chi connectivity index (χ3n) is 3.06. The summed E-state index contributed by atoms with van der Waals surface area (Å²) in [6.45, 7) is 5.48. The molecule has 104 valence electrons. The van der Waals surface area contributed by atoms with E-state index in [-0.39, 0.29) is 0 Å². The average Bonchev–Trinajstić information content (AvgIpc) is 2.76. The zero-order chi connectivity index (χ0) is 13.8. The fourth-order valence-corrected chi connectivity index (χ4v) is 3.39. The van der Waals surface area contributed by atoms with E-state index in [9.17, 15) is 0 Å². The number of amidine groups is 1. The van der Waals surface area contributed by atoms with E-state index in [0.29, 0.717) is 5.25 Å². The van der Waals surface area contributed by atoms with E-state index in [2.05, 4.69) is 67.4 Å². The van der Waals surface area contributed by atoms with Gasteiger partial charge in [-0.3, -0.25) is 4.99 Å². The Kier molecular flexibility index (Phi) is 4.75. The fraction of sp³-hybridized carbons (Fsp3) is 0.533. The Hall–Kier alpha value is -1.16. The summed E-state index contributed by atoms with van der Waals surface area (Å²) in [5, 5.41) is 5.12. The van der Waals surface area contributed by atoms with Crippen molar-refractivity contribution in [2.75, 3.05) is 30.9 Å². The van der Waals surface area contributed by atoms with E-state index < -0.39 is 0 Å². The minimum absolute atomic E-state index is 0.638. The molecule has 1 aliphatic rings. The number of rotatable bonds is 4. The van der Waals surface area contributed by atoms with Crippen LogP contribution in [0.4, 0.5) is 11.4 Å². The Morgan fingerprint density at radius 1 is 1.42 bits per heavy atom. The smallest absolute Gasteiger partial charge is 0.161 e. The first-order valence-corrected chi connectivity index (χ1v) is 7.68. The van der Waals surface area contributed by atoms with Gasteiger partial charge in [0.2, 0.25) is 0 Å². The van der Waals surface area contributed by atoms with Crippen molar-refractivity contribution in [1.82, 2.24) is 0 Å². The summed E-state index contributed by atoms with van der Waals surface area (Å²) in [6.07, 6.45) is 1.23. The normalized spacial score (nSPS) is 18.6. The maximum Gasteiger partial charge on any atom is 0.161 e. The summed E-state index contributed by atoms with van der Waals surface area (Å²) >= 11 is 1.87. The minimum atomic E-state index is 0.638. The highest BCUT2D eigenvalue weighted by atomic mass is 32.2. The molecule has 1 N–H and O–H groups in total. The molecule has 0 radical (unpaired) electrons. The van der Waals surface area contributed by atoms with Crippen LogP contribution < -0.4 is 10.2 Å². The van der Waals surface area contributed by atoms with Gasteiger partial charge < -0.3 is 10.2 Å². The zero-order valence-corrected chi connectivity index (χ0v) is 13.0. The maximum absolute atomic E-state index is 4.59. The lowest BCUT2D eigenvalue weighted by Gasteiger charge is -2.15. The van der Waals surface area contributed by atoms with Crippen molar-refractivity contribution >= 4 is 28.3 Å². The fourth-order valence-electron chi connectivity index (χ4n) is 2.12. The lowest BCUT2D eigenvalue weighted by atomic mass is 10.1. The Morgan fingerprint density at radius 3 is 2.89 bits per heavy atom. The molecular formula is C15H23N3S. The number of thioether (sulfide) groups is 1. The first-order valence-electron chi connectivity index (χ1n) is 6.80. The third kappa shape index (κ3) is 4.16. The molecule has 1 aromatic carbocycles. The van der Waals surface area contributed by atoms with E-state index in [4.69, 9.17) is 0 Å². The summed E-state index contributed by atoms with van der Waals surface area (Å²) in [6, 6.07) is 8.42. The van der Waals surface area contributed by atoms with Crippen molar-refractivity contribution in [2.45, 2.75) is 25.5 Å². The van der Waals surface area contributed by atoms with Gasteiger partial charge in [-0.25, -0.2) is 0 Å². The highest BCUT2D eigenvalue weighted by Crippen LogP contribution is 2.28. The first-order chi connectivity index (χ1) is 9.04. The van der Waals surface area contributed by atoms with Crippen molar-refractivity contribution in [1.29, 1.82) is 0 Å². The van der Waals surface area contributed by atoms with Gasteiger partial charge >= 0.3 is 0 Å². The van der Waals surface area contributed by atoms with Crippen LogP contribution in [0.25, 0.3) is 0 Å². The molecule has 1 unspecified atom stereocenters. The van der Waals surface area contributed by atoms with Gasteiger partial charge in [0.05, 0.1) is 6.54 Å². The quantitative estimate of drug-likeness (QED) is 0.909. The van der Waals surface area contributed by atoms with Crippen molar-refractivity contribution < 1.29 is 0 Å². The van der Waals surface area contributed by atoms with Crippen molar-refractivity contribution in [3.05, 3.63) is 24.3 Å². The number of nitrogens with one attached hydrogen (secondary N) is 1. The zero-order valence-electron chi connectivity index (χ0n) is 12.2.